The Kier molecular flexibility index (Phi) is 4.91. The highest BCUT2D eigenvalue weighted by molar-refractivity contribution is 9.10. The molecule has 0 bridgehead atoms. The molecule has 1 unspecified atom stereocenters. The molecule has 2 aromatic rings. The summed E-state index contributed by atoms with van der Waals surface area (Å²) in [6.45, 7) is 1.96. The van der Waals surface area contributed by atoms with Crippen molar-refractivity contribution in [3.8, 4) is 0 Å². The fourth-order valence-corrected chi connectivity index (χ4v) is 2.96. The van der Waals surface area contributed by atoms with E-state index >= 15 is 0 Å². The fraction of sp³-hybridized carbons (Fsp3) is 0.214. The van der Waals surface area contributed by atoms with Crippen molar-refractivity contribution in [1.29, 1.82) is 0 Å². The summed E-state index contributed by atoms with van der Waals surface area (Å²) in [6, 6.07) is 8.58. The molecule has 1 aromatic carbocycles. The number of nitrogens with zero attached hydrogens (tertiary/aromatic N) is 1. The molecule has 1 heterocycles. The zero-order valence-electron chi connectivity index (χ0n) is 11.5. The second-order valence-electron chi connectivity index (χ2n) is 4.70. The van der Waals surface area contributed by atoms with Gasteiger partial charge in [-0.05, 0) is 46.6 Å². The average molecular weight is 390 g/mol. The Hall–Kier alpha value is -1.11. The summed E-state index contributed by atoms with van der Waals surface area (Å²) in [5, 5.41) is 3.64. The molecule has 0 aliphatic heterocycles. The largest absolute Gasteiger partial charge is 0.376 e. The highest BCUT2D eigenvalue weighted by Gasteiger charge is 2.11. The fourth-order valence-electron chi connectivity index (χ4n) is 1.84. The van der Waals surface area contributed by atoms with Crippen LogP contribution in [0.2, 0.25) is 5.15 Å². The predicted octanol–water partition coefficient (Wildman–Crippen LogP) is 4.07. The molecule has 21 heavy (non-hydrogen) atoms. The van der Waals surface area contributed by atoms with E-state index in [-0.39, 0.29) is 6.04 Å². The van der Waals surface area contributed by atoms with Crippen molar-refractivity contribution < 1.29 is 8.42 Å². The maximum atomic E-state index is 11.4. The summed E-state index contributed by atoms with van der Waals surface area (Å²) in [7, 11) is -3.17. The number of pyridine rings is 1. The van der Waals surface area contributed by atoms with E-state index in [1.54, 1.807) is 30.5 Å². The quantitative estimate of drug-likeness (QED) is 0.801. The van der Waals surface area contributed by atoms with Crippen LogP contribution < -0.4 is 5.32 Å². The first kappa shape index (κ1) is 16.3. The third-order valence-electron chi connectivity index (χ3n) is 2.99. The van der Waals surface area contributed by atoms with Crippen LogP contribution in [-0.4, -0.2) is 19.7 Å². The molecule has 0 spiro atoms. The molecular weight excluding hydrogens is 376 g/mol. The molecule has 4 nitrogen and oxygen atoms in total. The third kappa shape index (κ3) is 4.18. The predicted molar refractivity (Wildman–Crippen MR) is 88.5 cm³/mol. The minimum absolute atomic E-state index is 0.0350. The molecule has 0 amide bonds. The maximum Gasteiger partial charge on any atom is 0.175 e. The molecule has 2 rings (SSSR count). The molecule has 1 atom stereocenters. The van der Waals surface area contributed by atoms with Crippen LogP contribution in [0.15, 0.2) is 45.9 Å². The number of halogens is 2. The lowest BCUT2D eigenvalue weighted by Crippen LogP contribution is -2.08. The van der Waals surface area contributed by atoms with Crippen molar-refractivity contribution in [1.82, 2.24) is 4.98 Å². The second-order valence-corrected chi connectivity index (χ2v) is 7.99. The van der Waals surface area contributed by atoms with E-state index in [0.717, 1.165) is 10.0 Å². The van der Waals surface area contributed by atoms with E-state index in [4.69, 9.17) is 11.6 Å². The van der Waals surface area contributed by atoms with E-state index in [1.807, 2.05) is 13.0 Å². The van der Waals surface area contributed by atoms with Crippen LogP contribution in [0.3, 0.4) is 0 Å². The van der Waals surface area contributed by atoms with Gasteiger partial charge in [-0.3, -0.25) is 0 Å². The second kappa shape index (κ2) is 6.34. The first-order valence-electron chi connectivity index (χ1n) is 6.15. The lowest BCUT2D eigenvalue weighted by molar-refractivity contribution is 0.602. The van der Waals surface area contributed by atoms with Gasteiger partial charge in [0, 0.05) is 23.0 Å². The average Bonchev–Trinajstić information content (AvgIpc) is 2.42. The van der Waals surface area contributed by atoms with Gasteiger partial charge in [-0.2, -0.15) is 0 Å². The summed E-state index contributed by atoms with van der Waals surface area (Å²) in [6.07, 6.45) is 2.82. The summed E-state index contributed by atoms with van der Waals surface area (Å²) >= 11 is 9.39. The zero-order chi connectivity index (χ0) is 15.6. The van der Waals surface area contributed by atoms with Crippen molar-refractivity contribution in [2.75, 3.05) is 11.6 Å². The van der Waals surface area contributed by atoms with Gasteiger partial charge < -0.3 is 5.32 Å². The van der Waals surface area contributed by atoms with E-state index in [2.05, 4.69) is 26.2 Å². The van der Waals surface area contributed by atoms with Crippen molar-refractivity contribution in [2.24, 2.45) is 0 Å². The van der Waals surface area contributed by atoms with E-state index in [9.17, 15) is 8.42 Å². The molecule has 112 valence electrons. The lowest BCUT2D eigenvalue weighted by Gasteiger charge is -2.17. The van der Waals surface area contributed by atoms with E-state index in [1.165, 1.54) is 6.26 Å². The summed E-state index contributed by atoms with van der Waals surface area (Å²) in [5.74, 6) is 0. The first-order valence-corrected chi connectivity index (χ1v) is 9.21. The highest BCUT2D eigenvalue weighted by atomic mass is 79.9. The molecular formula is C14H14BrClN2O2S. The number of anilines is 1. The van der Waals surface area contributed by atoms with E-state index < -0.39 is 9.84 Å². The van der Waals surface area contributed by atoms with Crippen LogP contribution in [0, 0.1) is 0 Å². The van der Waals surface area contributed by atoms with Crippen LogP contribution in [0.1, 0.15) is 18.5 Å². The monoisotopic (exact) mass is 388 g/mol. The minimum atomic E-state index is -3.17. The molecule has 0 aliphatic carbocycles. The lowest BCUT2D eigenvalue weighted by atomic mass is 10.1. The number of sulfone groups is 1. The van der Waals surface area contributed by atoms with Gasteiger partial charge in [0.15, 0.2) is 15.0 Å². The van der Waals surface area contributed by atoms with Crippen LogP contribution in [0.25, 0.3) is 0 Å². The molecule has 0 saturated carbocycles. The summed E-state index contributed by atoms with van der Waals surface area (Å²) < 4.78 is 23.7. The molecule has 7 heteroatoms. The smallest absolute Gasteiger partial charge is 0.175 e. The molecule has 0 radical (unpaired) electrons. The molecule has 0 saturated heterocycles. The number of hydrogen-bond donors (Lipinski definition) is 1. The zero-order valence-corrected chi connectivity index (χ0v) is 14.6. The van der Waals surface area contributed by atoms with Crippen LogP contribution >= 0.6 is 27.5 Å². The van der Waals surface area contributed by atoms with Gasteiger partial charge in [0.05, 0.1) is 10.6 Å². The van der Waals surface area contributed by atoms with Gasteiger partial charge in [0.25, 0.3) is 0 Å². The van der Waals surface area contributed by atoms with Crippen molar-refractivity contribution in [3.63, 3.8) is 0 Å². The van der Waals surface area contributed by atoms with Gasteiger partial charge in [-0.15, -0.1) is 0 Å². The van der Waals surface area contributed by atoms with Gasteiger partial charge in [-0.25, -0.2) is 13.4 Å². The molecule has 0 aliphatic rings. The Labute approximate surface area is 137 Å². The number of aromatic nitrogens is 1. The molecule has 1 N–H and O–H groups in total. The van der Waals surface area contributed by atoms with Crippen LogP contribution in [0.4, 0.5) is 5.69 Å². The van der Waals surface area contributed by atoms with Crippen molar-refractivity contribution in [2.45, 2.75) is 17.9 Å². The number of nitrogens with one attached hydrogen (secondary N) is 1. The minimum Gasteiger partial charge on any atom is -0.376 e. The van der Waals surface area contributed by atoms with Gasteiger partial charge in [-0.1, -0.05) is 23.7 Å². The Morgan fingerprint density at radius 3 is 2.48 bits per heavy atom. The van der Waals surface area contributed by atoms with Gasteiger partial charge in [0.1, 0.15) is 0 Å². The van der Waals surface area contributed by atoms with Gasteiger partial charge >= 0.3 is 0 Å². The van der Waals surface area contributed by atoms with E-state index in [0.29, 0.717) is 15.7 Å². The Balaban J connectivity index is 2.20. The Bertz CT molecular complexity index is 748. The highest BCUT2D eigenvalue weighted by Crippen LogP contribution is 2.27. The SMILES string of the molecule is CC(Nc1cc(Br)cnc1Cl)c1ccc(S(C)(=O)=O)cc1. The van der Waals surface area contributed by atoms with Crippen molar-refractivity contribution >= 4 is 43.1 Å². The normalized spacial score (nSPS) is 13.0. The van der Waals surface area contributed by atoms with Gasteiger partial charge in [0.2, 0.25) is 0 Å². The molecule has 1 aromatic heterocycles. The summed E-state index contributed by atoms with van der Waals surface area (Å²) in [5.41, 5.74) is 1.67. The Morgan fingerprint density at radius 2 is 1.90 bits per heavy atom. The third-order valence-corrected chi connectivity index (χ3v) is 4.85. The first-order chi connectivity index (χ1) is 9.77. The molecule has 0 fully saturated rings. The number of rotatable bonds is 4. The maximum absolute atomic E-state index is 11.4. The topological polar surface area (TPSA) is 59.1 Å². The number of benzene rings is 1. The number of hydrogen-bond acceptors (Lipinski definition) is 4. The van der Waals surface area contributed by atoms with Crippen LogP contribution in [-0.2, 0) is 9.84 Å². The standard InChI is InChI=1S/C14H14BrClN2O2S/c1-9(18-13-7-11(15)8-17-14(13)16)10-3-5-12(6-4-10)21(2,19)20/h3-9,18H,1-2H3. The van der Waals surface area contributed by atoms with Crippen molar-refractivity contribution in [3.05, 3.63) is 51.7 Å². The summed E-state index contributed by atoms with van der Waals surface area (Å²) in [4.78, 5) is 4.35. The van der Waals surface area contributed by atoms with Crippen LogP contribution in [0.5, 0.6) is 0 Å². The Morgan fingerprint density at radius 1 is 1.29 bits per heavy atom.